The molecule has 0 amide bonds. The van der Waals surface area contributed by atoms with Crippen molar-refractivity contribution in [2.24, 2.45) is 0 Å². The summed E-state index contributed by atoms with van der Waals surface area (Å²) in [5.74, 6) is 0.804. The van der Waals surface area contributed by atoms with Gasteiger partial charge in [-0.25, -0.2) is 15.0 Å². The first-order valence-corrected chi connectivity index (χ1v) is 11.7. The molecule has 1 saturated heterocycles. The van der Waals surface area contributed by atoms with Crippen LogP contribution in [0.3, 0.4) is 0 Å². The number of aromatic nitrogens is 3. The van der Waals surface area contributed by atoms with Gasteiger partial charge in [0.15, 0.2) is 0 Å². The Labute approximate surface area is 191 Å². The molecule has 4 rings (SSSR count). The lowest BCUT2D eigenvalue weighted by atomic mass is 9.83. The molecule has 2 aromatic heterocycles. The van der Waals surface area contributed by atoms with E-state index in [2.05, 4.69) is 32.2 Å². The van der Waals surface area contributed by atoms with Gasteiger partial charge in [0.2, 0.25) is 11.8 Å². The summed E-state index contributed by atoms with van der Waals surface area (Å²) < 4.78 is 44.5. The highest BCUT2D eigenvalue weighted by Gasteiger charge is 2.31. The molecule has 1 aliphatic carbocycles. The zero-order valence-electron chi connectivity index (χ0n) is 19.1. The summed E-state index contributed by atoms with van der Waals surface area (Å²) in [4.78, 5) is 15.8. The minimum absolute atomic E-state index is 0.0530. The number of likely N-dealkylation sites (tertiary alicyclic amines) is 1. The van der Waals surface area contributed by atoms with E-state index in [4.69, 9.17) is 4.74 Å². The number of anilines is 1. The summed E-state index contributed by atoms with van der Waals surface area (Å²) in [6.45, 7) is 3.37. The Morgan fingerprint density at radius 1 is 1.12 bits per heavy atom. The van der Waals surface area contributed by atoms with Crippen LogP contribution in [-0.2, 0) is 0 Å². The van der Waals surface area contributed by atoms with Gasteiger partial charge >= 0.3 is 6.18 Å². The van der Waals surface area contributed by atoms with Crippen molar-refractivity contribution >= 4 is 16.9 Å². The van der Waals surface area contributed by atoms with Crippen LogP contribution in [0.2, 0.25) is 0 Å². The van der Waals surface area contributed by atoms with Crippen molar-refractivity contribution in [2.45, 2.75) is 82.2 Å². The van der Waals surface area contributed by atoms with Crippen molar-refractivity contribution in [3.05, 3.63) is 18.0 Å². The molecule has 33 heavy (non-hydrogen) atoms. The summed E-state index contributed by atoms with van der Waals surface area (Å²) >= 11 is 0. The van der Waals surface area contributed by atoms with Gasteiger partial charge < -0.3 is 20.1 Å². The lowest BCUT2D eigenvalue weighted by Crippen LogP contribution is -2.35. The fourth-order valence-corrected chi connectivity index (χ4v) is 4.75. The predicted molar refractivity (Wildman–Crippen MR) is 119 cm³/mol. The molecule has 0 bridgehead atoms. The van der Waals surface area contributed by atoms with Gasteiger partial charge in [0.05, 0.1) is 23.4 Å². The Balaban J connectivity index is 1.63. The van der Waals surface area contributed by atoms with Gasteiger partial charge in [-0.2, -0.15) is 13.2 Å². The first-order chi connectivity index (χ1) is 15.7. The number of aliphatic hydroxyl groups is 1. The molecule has 1 atom stereocenters. The second kappa shape index (κ2) is 9.97. The number of aliphatic hydroxyl groups excluding tert-OH is 1. The summed E-state index contributed by atoms with van der Waals surface area (Å²) in [7, 11) is 2.09. The lowest BCUT2D eigenvalue weighted by Gasteiger charge is -2.30. The van der Waals surface area contributed by atoms with Crippen LogP contribution in [0.5, 0.6) is 5.88 Å². The molecule has 0 radical (unpaired) electrons. The van der Waals surface area contributed by atoms with E-state index < -0.39 is 18.6 Å². The van der Waals surface area contributed by atoms with Crippen LogP contribution in [0, 0.1) is 0 Å². The maximum absolute atomic E-state index is 12.8. The SMILES string of the molecule is C[C@@H](CC(F)(F)F)Nc1ncc2c(OC3CCN(C)CC3)ncc(C3CCC(O)CC3)c2n1. The van der Waals surface area contributed by atoms with Crippen molar-refractivity contribution in [2.75, 3.05) is 25.5 Å². The topological polar surface area (TPSA) is 83.4 Å². The van der Waals surface area contributed by atoms with Gasteiger partial charge in [-0.3, -0.25) is 0 Å². The Morgan fingerprint density at radius 3 is 2.48 bits per heavy atom. The number of fused-ring (bicyclic) bond motifs is 1. The third kappa shape index (κ3) is 6.23. The molecular weight excluding hydrogens is 435 g/mol. The van der Waals surface area contributed by atoms with E-state index >= 15 is 0 Å². The standard InChI is InChI=1S/C23H32F3N5O2/c1-14(11-23(24,25)26)29-22-28-13-19-20(30-22)18(15-3-5-16(32)6-4-15)12-27-21(19)33-17-7-9-31(2)10-8-17/h12-17,32H,3-11H2,1-2H3,(H,28,29,30)/t14-,15?,16?/m0/s1. The maximum atomic E-state index is 12.8. The molecule has 2 aromatic rings. The Kier molecular flexibility index (Phi) is 7.23. The van der Waals surface area contributed by atoms with Gasteiger partial charge in [-0.05, 0) is 58.4 Å². The lowest BCUT2D eigenvalue weighted by molar-refractivity contribution is -0.136. The number of hydrogen-bond donors (Lipinski definition) is 2. The van der Waals surface area contributed by atoms with E-state index in [9.17, 15) is 18.3 Å². The molecule has 1 aliphatic heterocycles. The molecule has 7 nitrogen and oxygen atoms in total. The Morgan fingerprint density at radius 2 is 1.82 bits per heavy atom. The zero-order valence-corrected chi connectivity index (χ0v) is 19.1. The summed E-state index contributed by atoms with van der Waals surface area (Å²) in [6, 6.07) is -0.854. The van der Waals surface area contributed by atoms with E-state index in [-0.39, 0.29) is 24.1 Å². The van der Waals surface area contributed by atoms with Crippen LogP contribution in [-0.4, -0.2) is 69.5 Å². The third-order valence-electron chi connectivity index (χ3n) is 6.61. The van der Waals surface area contributed by atoms with Crippen molar-refractivity contribution in [3.8, 4) is 5.88 Å². The largest absolute Gasteiger partial charge is 0.474 e. The van der Waals surface area contributed by atoms with Crippen molar-refractivity contribution in [1.29, 1.82) is 0 Å². The van der Waals surface area contributed by atoms with Gasteiger partial charge in [-0.15, -0.1) is 0 Å². The Hall–Kier alpha value is -2.20. The number of alkyl halides is 3. The molecule has 2 N–H and O–H groups in total. The summed E-state index contributed by atoms with van der Waals surface area (Å²) in [5, 5.41) is 13.4. The first kappa shape index (κ1) is 23.9. The van der Waals surface area contributed by atoms with Crippen LogP contribution in [0.1, 0.15) is 63.4 Å². The number of hydrogen-bond acceptors (Lipinski definition) is 7. The predicted octanol–water partition coefficient (Wildman–Crippen LogP) is 4.27. The molecule has 0 spiro atoms. The zero-order chi connectivity index (χ0) is 23.6. The Bertz CT molecular complexity index is 942. The maximum Gasteiger partial charge on any atom is 0.391 e. The highest BCUT2D eigenvalue weighted by atomic mass is 19.4. The fourth-order valence-electron chi connectivity index (χ4n) is 4.75. The quantitative estimate of drug-likeness (QED) is 0.657. The van der Waals surface area contributed by atoms with Gasteiger partial charge in [0, 0.05) is 37.1 Å². The number of ether oxygens (including phenoxy) is 1. The van der Waals surface area contributed by atoms with Crippen LogP contribution in [0.4, 0.5) is 19.1 Å². The monoisotopic (exact) mass is 467 g/mol. The smallest absolute Gasteiger partial charge is 0.391 e. The second-order valence-corrected chi connectivity index (χ2v) is 9.47. The van der Waals surface area contributed by atoms with E-state index in [1.807, 2.05) is 0 Å². The number of rotatable bonds is 6. The first-order valence-electron chi connectivity index (χ1n) is 11.7. The second-order valence-electron chi connectivity index (χ2n) is 9.47. The third-order valence-corrected chi connectivity index (χ3v) is 6.61. The van der Waals surface area contributed by atoms with Crippen molar-refractivity contribution in [1.82, 2.24) is 19.9 Å². The molecule has 182 valence electrons. The average Bonchev–Trinajstić information content (AvgIpc) is 2.75. The van der Waals surface area contributed by atoms with E-state index in [0.717, 1.165) is 44.3 Å². The molecule has 10 heteroatoms. The minimum atomic E-state index is -4.27. The van der Waals surface area contributed by atoms with Crippen LogP contribution in [0.25, 0.3) is 10.9 Å². The molecule has 2 aliphatic rings. The fraction of sp³-hybridized carbons (Fsp3) is 0.696. The molecular formula is C23H32F3N5O2. The van der Waals surface area contributed by atoms with E-state index in [1.54, 1.807) is 12.4 Å². The summed E-state index contributed by atoms with van der Waals surface area (Å²) in [5.41, 5.74) is 1.59. The van der Waals surface area contributed by atoms with Gasteiger partial charge in [-0.1, -0.05) is 0 Å². The molecule has 3 heterocycles. The number of piperidine rings is 1. The van der Waals surface area contributed by atoms with Crippen LogP contribution >= 0.6 is 0 Å². The minimum Gasteiger partial charge on any atom is -0.474 e. The average molecular weight is 468 g/mol. The number of nitrogens with zero attached hydrogens (tertiary/aromatic N) is 4. The molecule has 1 saturated carbocycles. The van der Waals surface area contributed by atoms with Crippen molar-refractivity contribution in [3.63, 3.8) is 0 Å². The van der Waals surface area contributed by atoms with Gasteiger partial charge in [0.1, 0.15) is 6.10 Å². The van der Waals surface area contributed by atoms with Crippen LogP contribution in [0.15, 0.2) is 12.4 Å². The van der Waals surface area contributed by atoms with Crippen molar-refractivity contribution < 1.29 is 23.0 Å². The van der Waals surface area contributed by atoms with E-state index in [0.29, 0.717) is 29.6 Å². The normalized spacial score (nSPS) is 24.1. The number of pyridine rings is 1. The number of nitrogens with one attached hydrogen (secondary N) is 1. The highest BCUT2D eigenvalue weighted by Crippen LogP contribution is 2.38. The summed E-state index contributed by atoms with van der Waals surface area (Å²) in [6.07, 6.45) is 2.74. The highest BCUT2D eigenvalue weighted by molar-refractivity contribution is 5.86. The number of halogens is 3. The molecule has 2 fully saturated rings. The van der Waals surface area contributed by atoms with Crippen LogP contribution < -0.4 is 10.1 Å². The molecule has 0 aromatic carbocycles. The molecule has 0 unspecified atom stereocenters. The van der Waals surface area contributed by atoms with E-state index in [1.165, 1.54) is 6.92 Å². The van der Waals surface area contributed by atoms with Gasteiger partial charge in [0.25, 0.3) is 0 Å².